The van der Waals surface area contributed by atoms with E-state index in [0.29, 0.717) is 11.9 Å². The minimum Gasteiger partial charge on any atom is -0.245 e. The molecule has 0 saturated heterocycles. The van der Waals surface area contributed by atoms with Crippen LogP contribution in [-0.2, 0) is 6.42 Å². The summed E-state index contributed by atoms with van der Waals surface area (Å²) in [6.07, 6.45) is 2.03. The average Bonchev–Trinajstić information content (AvgIpc) is 2.52. The molecule has 0 fully saturated rings. The first-order chi connectivity index (χ1) is 11.0. The Morgan fingerprint density at radius 2 is 1.87 bits per heavy atom. The quantitative estimate of drug-likeness (QED) is 0.621. The van der Waals surface area contributed by atoms with E-state index in [1.807, 2.05) is 19.9 Å². The SMILES string of the molecule is CCCc1cc(C)nc(NN=C(C)c2ccc(C(C)C)cc2)n1. The molecule has 2 rings (SSSR count). The summed E-state index contributed by atoms with van der Waals surface area (Å²) in [6, 6.07) is 10.5. The Bertz CT molecular complexity index is 672. The fourth-order valence-corrected chi connectivity index (χ4v) is 2.38. The van der Waals surface area contributed by atoms with Crippen molar-refractivity contribution < 1.29 is 0 Å². The van der Waals surface area contributed by atoms with Crippen LogP contribution in [0.2, 0.25) is 0 Å². The van der Waals surface area contributed by atoms with Crippen molar-refractivity contribution in [3.63, 3.8) is 0 Å². The molecule has 4 heteroatoms. The highest BCUT2D eigenvalue weighted by Crippen LogP contribution is 2.15. The van der Waals surface area contributed by atoms with E-state index >= 15 is 0 Å². The molecule has 4 nitrogen and oxygen atoms in total. The zero-order valence-electron chi connectivity index (χ0n) is 14.7. The summed E-state index contributed by atoms with van der Waals surface area (Å²) in [7, 11) is 0. The van der Waals surface area contributed by atoms with Gasteiger partial charge in [0.05, 0.1) is 5.71 Å². The van der Waals surface area contributed by atoms with E-state index in [-0.39, 0.29) is 0 Å². The van der Waals surface area contributed by atoms with Crippen LogP contribution in [0.1, 0.15) is 62.5 Å². The van der Waals surface area contributed by atoms with Gasteiger partial charge in [0.1, 0.15) is 0 Å². The van der Waals surface area contributed by atoms with Gasteiger partial charge < -0.3 is 0 Å². The molecule has 2 aromatic rings. The fraction of sp³-hybridized carbons (Fsp3) is 0.421. The number of hydrazone groups is 1. The third-order valence-corrected chi connectivity index (χ3v) is 3.73. The zero-order chi connectivity index (χ0) is 16.8. The normalized spacial score (nSPS) is 11.8. The van der Waals surface area contributed by atoms with Gasteiger partial charge in [-0.25, -0.2) is 15.4 Å². The second-order valence-corrected chi connectivity index (χ2v) is 6.16. The fourth-order valence-electron chi connectivity index (χ4n) is 2.38. The van der Waals surface area contributed by atoms with Crippen LogP contribution in [0.5, 0.6) is 0 Å². The van der Waals surface area contributed by atoms with Crippen molar-refractivity contribution in [2.45, 2.75) is 53.4 Å². The van der Waals surface area contributed by atoms with E-state index in [2.05, 4.69) is 65.5 Å². The van der Waals surface area contributed by atoms with Crippen molar-refractivity contribution in [1.82, 2.24) is 9.97 Å². The molecule has 1 heterocycles. The molecule has 0 saturated carbocycles. The minimum absolute atomic E-state index is 0.539. The summed E-state index contributed by atoms with van der Waals surface area (Å²) in [4.78, 5) is 8.89. The first-order valence-electron chi connectivity index (χ1n) is 8.24. The van der Waals surface area contributed by atoms with Crippen LogP contribution in [-0.4, -0.2) is 15.7 Å². The van der Waals surface area contributed by atoms with E-state index in [9.17, 15) is 0 Å². The van der Waals surface area contributed by atoms with Gasteiger partial charge in [0.25, 0.3) is 0 Å². The van der Waals surface area contributed by atoms with Gasteiger partial charge in [-0.15, -0.1) is 0 Å². The Hall–Kier alpha value is -2.23. The predicted octanol–water partition coefficient (Wildman–Crippen LogP) is 4.70. The Morgan fingerprint density at radius 3 is 2.48 bits per heavy atom. The molecule has 0 unspecified atom stereocenters. The molecule has 0 bridgehead atoms. The van der Waals surface area contributed by atoms with Crippen molar-refractivity contribution >= 4 is 11.7 Å². The Kier molecular flexibility index (Phi) is 5.85. The molecular weight excluding hydrogens is 284 g/mol. The molecule has 1 N–H and O–H groups in total. The molecule has 1 aromatic carbocycles. The smallest absolute Gasteiger partial charge is 0.243 e. The third-order valence-electron chi connectivity index (χ3n) is 3.73. The lowest BCUT2D eigenvalue weighted by Gasteiger charge is -2.08. The summed E-state index contributed by atoms with van der Waals surface area (Å²) < 4.78 is 0. The molecule has 0 spiro atoms. The van der Waals surface area contributed by atoms with E-state index in [1.165, 1.54) is 5.56 Å². The van der Waals surface area contributed by atoms with Gasteiger partial charge in [0.15, 0.2) is 0 Å². The van der Waals surface area contributed by atoms with E-state index in [0.717, 1.165) is 35.5 Å². The second kappa shape index (κ2) is 7.86. The molecule has 0 radical (unpaired) electrons. The lowest BCUT2D eigenvalue weighted by molar-refractivity contribution is 0.866. The number of nitrogens with zero attached hydrogens (tertiary/aromatic N) is 3. The van der Waals surface area contributed by atoms with Crippen LogP contribution in [0, 0.1) is 6.92 Å². The van der Waals surface area contributed by atoms with Gasteiger partial charge in [0.2, 0.25) is 5.95 Å². The van der Waals surface area contributed by atoms with Crippen LogP contribution in [0.15, 0.2) is 35.4 Å². The number of anilines is 1. The third kappa shape index (κ3) is 4.88. The predicted molar refractivity (Wildman–Crippen MR) is 97.1 cm³/mol. The Labute approximate surface area is 139 Å². The number of aromatic nitrogens is 2. The van der Waals surface area contributed by atoms with E-state index in [1.54, 1.807) is 0 Å². The maximum atomic E-state index is 4.50. The van der Waals surface area contributed by atoms with Crippen LogP contribution in [0.3, 0.4) is 0 Å². The standard InChI is InChI=1S/C19H26N4/c1-6-7-18-12-14(4)20-19(21-18)23-22-15(5)17-10-8-16(9-11-17)13(2)3/h8-13H,6-7H2,1-5H3,(H,20,21,23). The summed E-state index contributed by atoms with van der Waals surface area (Å²) >= 11 is 0. The van der Waals surface area contributed by atoms with Gasteiger partial charge in [0, 0.05) is 11.4 Å². The van der Waals surface area contributed by atoms with Gasteiger partial charge in [-0.05, 0) is 43.4 Å². The first kappa shape index (κ1) is 17.1. The van der Waals surface area contributed by atoms with E-state index < -0.39 is 0 Å². The lowest BCUT2D eigenvalue weighted by Crippen LogP contribution is -2.05. The molecule has 0 amide bonds. The van der Waals surface area contributed by atoms with Crippen molar-refractivity contribution in [3.05, 3.63) is 52.8 Å². The molecule has 0 aliphatic carbocycles. The maximum Gasteiger partial charge on any atom is 0.243 e. The van der Waals surface area contributed by atoms with Crippen molar-refractivity contribution in [2.24, 2.45) is 5.10 Å². The zero-order valence-corrected chi connectivity index (χ0v) is 14.7. The molecule has 0 atom stereocenters. The highest BCUT2D eigenvalue weighted by Gasteiger charge is 2.03. The summed E-state index contributed by atoms with van der Waals surface area (Å²) in [5, 5.41) is 4.42. The molecular formula is C19H26N4. The number of hydrogen-bond acceptors (Lipinski definition) is 4. The number of aryl methyl sites for hydroxylation is 2. The number of rotatable bonds is 6. The Balaban J connectivity index is 2.12. The second-order valence-electron chi connectivity index (χ2n) is 6.16. The molecule has 1 aromatic heterocycles. The molecule has 122 valence electrons. The molecule has 0 aliphatic rings. The van der Waals surface area contributed by atoms with Gasteiger partial charge in [-0.1, -0.05) is 51.5 Å². The summed E-state index contributed by atoms with van der Waals surface area (Å²) in [6.45, 7) is 10.5. The van der Waals surface area contributed by atoms with Gasteiger partial charge >= 0.3 is 0 Å². The highest BCUT2D eigenvalue weighted by molar-refractivity contribution is 5.99. The average molecular weight is 310 g/mol. The topological polar surface area (TPSA) is 50.2 Å². The largest absolute Gasteiger partial charge is 0.245 e. The number of nitrogens with one attached hydrogen (secondary N) is 1. The van der Waals surface area contributed by atoms with Crippen LogP contribution in [0.4, 0.5) is 5.95 Å². The van der Waals surface area contributed by atoms with Gasteiger partial charge in [-0.3, -0.25) is 0 Å². The molecule has 0 aliphatic heterocycles. The highest BCUT2D eigenvalue weighted by atomic mass is 15.4. The van der Waals surface area contributed by atoms with Crippen molar-refractivity contribution in [1.29, 1.82) is 0 Å². The lowest BCUT2D eigenvalue weighted by atomic mass is 10.0. The van der Waals surface area contributed by atoms with Gasteiger partial charge in [-0.2, -0.15) is 5.10 Å². The number of hydrogen-bond donors (Lipinski definition) is 1. The van der Waals surface area contributed by atoms with Crippen molar-refractivity contribution in [3.8, 4) is 0 Å². The Morgan fingerprint density at radius 1 is 1.17 bits per heavy atom. The summed E-state index contributed by atoms with van der Waals surface area (Å²) in [5.74, 6) is 1.10. The molecule has 23 heavy (non-hydrogen) atoms. The van der Waals surface area contributed by atoms with Crippen LogP contribution < -0.4 is 5.43 Å². The summed E-state index contributed by atoms with van der Waals surface area (Å²) in [5.41, 5.74) is 8.35. The first-order valence-corrected chi connectivity index (χ1v) is 8.24. The van der Waals surface area contributed by atoms with Crippen molar-refractivity contribution in [2.75, 3.05) is 5.43 Å². The van der Waals surface area contributed by atoms with Crippen LogP contribution >= 0.6 is 0 Å². The van der Waals surface area contributed by atoms with E-state index in [4.69, 9.17) is 0 Å². The maximum absolute atomic E-state index is 4.50. The number of benzene rings is 1. The minimum atomic E-state index is 0.539. The monoisotopic (exact) mass is 310 g/mol. The van der Waals surface area contributed by atoms with Crippen LogP contribution in [0.25, 0.3) is 0 Å².